The van der Waals surface area contributed by atoms with Gasteiger partial charge < -0.3 is 16.4 Å². The van der Waals surface area contributed by atoms with Crippen molar-refractivity contribution in [2.24, 2.45) is 5.73 Å². The van der Waals surface area contributed by atoms with Crippen molar-refractivity contribution >= 4 is 34.7 Å². The molecule has 0 saturated carbocycles. The third-order valence-corrected chi connectivity index (χ3v) is 2.07. The first-order valence-electron chi connectivity index (χ1n) is 5.03. The van der Waals surface area contributed by atoms with Gasteiger partial charge in [0.25, 0.3) is 0 Å². The van der Waals surface area contributed by atoms with Crippen molar-refractivity contribution in [2.75, 3.05) is 11.9 Å². The number of carbonyl (C=O) groups is 2. The summed E-state index contributed by atoms with van der Waals surface area (Å²) in [7, 11) is 0. The molecular weight excluding hydrogens is 257 g/mol. The average molecular weight is 269 g/mol. The first-order chi connectivity index (χ1) is 8.38. The van der Waals surface area contributed by atoms with E-state index < -0.39 is 17.6 Å². The second-order valence-electron chi connectivity index (χ2n) is 3.62. The third kappa shape index (κ3) is 4.46. The second-order valence-corrected chi connectivity index (χ2v) is 4.14. The van der Waals surface area contributed by atoms with Crippen molar-refractivity contribution in [1.29, 1.82) is 0 Å². The molecule has 1 rings (SSSR count). The molecule has 0 atom stereocenters. The monoisotopic (exact) mass is 269 g/mol. The Morgan fingerprint density at radius 3 is 2.56 bits per heavy atom. The van der Waals surface area contributed by atoms with Crippen LogP contribution in [0.5, 0.6) is 0 Å². The van der Waals surface area contributed by atoms with Crippen molar-refractivity contribution in [3.63, 3.8) is 0 Å². The number of rotatable bonds is 3. The van der Waals surface area contributed by atoms with Crippen LogP contribution in [0.4, 0.5) is 10.1 Å². The molecule has 1 aromatic carbocycles. The maximum Gasteiger partial charge on any atom is 0.313 e. The SMILES string of the molecule is Cc1cc(F)cc(NC(=O)C(=O)NCC(N)=S)c1. The number of carbonyl (C=O) groups excluding carboxylic acids is 2. The van der Waals surface area contributed by atoms with Gasteiger partial charge in [-0.3, -0.25) is 9.59 Å². The Balaban J connectivity index is 2.63. The standard InChI is InChI=1S/C11H12FN3O2S/c1-6-2-7(12)4-8(3-6)15-11(17)10(16)14-5-9(13)18/h2-4H,5H2,1H3,(H2,13,18)(H,14,16)(H,15,17). The molecule has 0 radical (unpaired) electrons. The summed E-state index contributed by atoms with van der Waals surface area (Å²) in [5.41, 5.74) is 6.01. The van der Waals surface area contributed by atoms with Crippen LogP contribution in [0.1, 0.15) is 5.56 Å². The minimum absolute atomic E-state index is 0.0657. The number of amides is 2. The molecule has 0 saturated heterocycles. The summed E-state index contributed by atoms with van der Waals surface area (Å²) in [5.74, 6) is -2.28. The van der Waals surface area contributed by atoms with Gasteiger partial charge in [-0.1, -0.05) is 12.2 Å². The van der Waals surface area contributed by atoms with Crippen LogP contribution in [-0.4, -0.2) is 23.3 Å². The number of nitrogens with one attached hydrogen (secondary N) is 2. The van der Waals surface area contributed by atoms with E-state index in [0.29, 0.717) is 5.56 Å². The molecule has 7 heteroatoms. The number of nitrogens with two attached hydrogens (primary N) is 1. The van der Waals surface area contributed by atoms with E-state index in [1.165, 1.54) is 6.07 Å². The van der Waals surface area contributed by atoms with Gasteiger partial charge in [0.1, 0.15) is 5.82 Å². The summed E-state index contributed by atoms with van der Waals surface area (Å²) in [6.07, 6.45) is 0. The van der Waals surface area contributed by atoms with Gasteiger partial charge in [0, 0.05) is 5.69 Å². The van der Waals surface area contributed by atoms with Gasteiger partial charge in [-0.2, -0.15) is 0 Å². The molecule has 0 bridgehead atoms. The zero-order valence-corrected chi connectivity index (χ0v) is 10.4. The molecule has 0 aliphatic carbocycles. The topological polar surface area (TPSA) is 84.2 Å². The van der Waals surface area contributed by atoms with Crippen molar-refractivity contribution < 1.29 is 14.0 Å². The van der Waals surface area contributed by atoms with E-state index in [-0.39, 0.29) is 17.2 Å². The number of anilines is 1. The second kappa shape index (κ2) is 6.06. The summed E-state index contributed by atoms with van der Waals surface area (Å²) < 4.78 is 13.0. The first-order valence-corrected chi connectivity index (χ1v) is 5.44. The molecule has 0 aromatic heterocycles. The van der Waals surface area contributed by atoms with Gasteiger partial charge in [0.05, 0.1) is 11.5 Å². The molecule has 5 nitrogen and oxygen atoms in total. The highest BCUT2D eigenvalue weighted by Gasteiger charge is 2.13. The highest BCUT2D eigenvalue weighted by Crippen LogP contribution is 2.12. The molecular formula is C11H12FN3O2S. The van der Waals surface area contributed by atoms with E-state index in [4.69, 9.17) is 5.73 Å². The fraction of sp³-hybridized carbons (Fsp3) is 0.182. The van der Waals surface area contributed by atoms with Crippen LogP contribution in [0.25, 0.3) is 0 Å². The Labute approximate surface area is 109 Å². The van der Waals surface area contributed by atoms with Gasteiger partial charge in [-0.15, -0.1) is 0 Å². The normalized spacial score (nSPS) is 9.67. The lowest BCUT2D eigenvalue weighted by molar-refractivity contribution is -0.135. The minimum Gasteiger partial charge on any atom is -0.392 e. The van der Waals surface area contributed by atoms with Gasteiger partial charge in [0.15, 0.2) is 0 Å². The molecule has 2 amide bonds. The number of hydrogen-bond donors (Lipinski definition) is 3. The molecule has 0 heterocycles. The van der Waals surface area contributed by atoms with Crippen LogP contribution in [0.15, 0.2) is 18.2 Å². The molecule has 0 fully saturated rings. The van der Waals surface area contributed by atoms with Crippen LogP contribution >= 0.6 is 12.2 Å². The van der Waals surface area contributed by atoms with Gasteiger partial charge >= 0.3 is 11.8 Å². The molecule has 18 heavy (non-hydrogen) atoms. The Bertz CT molecular complexity index is 485. The summed E-state index contributed by atoms with van der Waals surface area (Å²) >= 11 is 4.55. The van der Waals surface area contributed by atoms with Crippen LogP contribution in [0.2, 0.25) is 0 Å². The lowest BCUT2D eigenvalue weighted by Gasteiger charge is -2.06. The molecule has 4 N–H and O–H groups in total. The zero-order valence-electron chi connectivity index (χ0n) is 9.62. The zero-order chi connectivity index (χ0) is 13.7. The van der Waals surface area contributed by atoms with Crippen LogP contribution in [0, 0.1) is 12.7 Å². The van der Waals surface area contributed by atoms with E-state index in [9.17, 15) is 14.0 Å². The number of benzene rings is 1. The van der Waals surface area contributed by atoms with E-state index in [2.05, 4.69) is 22.9 Å². The summed E-state index contributed by atoms with van der Waals surface area (Å²) in [5, 5.41) is 4.49. The fourth-order valence-corrected chi connectivity index (χ4v) is 1.32. The molecule has 96 valence electrons. The minimum atomic E-state index is -0.906. The lowest BCUT2D eigenvalue weighted by atomic mass is 10.2. The molecule has 0 aliphatic heterocycles. The average Bonchev–Trinajstić information content (AvgIpc) is 2.24. The van der Waals surface area contributed by atoms with Crippen molar-refractivity contribution in [1.82, 2.24) is 5.32 Å². The Morgan fingerprint density at radius 2 is 2.00 bits per heavy atom. The largest absolute Gasteiger partial charge is 0.392 e. The number of halogens is 1. The van der Waals surface area contributed by atoms with Crippen molar-refractivity contribution in [3.8, 4) is 0 Å². The van der Waals surface area contributed by atoms with Crippen LogP contribution in [-0.2, 0) is 9.59 Å². The molecule has 1 aromatic rings. The van der Waals surface area contributed by atoms with Gasteiger partial charge in [0.2, 0.25) is 0 Å². The lowest BCUT2D eigenvalue weighted by Crippen LogP contribution is -2.39. The Kier molecular flexibility index (Phi) is 4.73. The Morgan fingerprint density at radius 1 is 1.33 bits per heavy atom. The smallest absolute Gasteiger partial charge is 0.313 e. The van der Waals surface area contributed by atoms with Crippen molar-refractivity contribution in [3.05, 3.63) is 29.6 Å². The molecule has 0 unspecified atom stereocenters. The fourth-order valence-electron chi connectivity index (χ4n) is 1.24. The predicted molar refractivity (Wildman–Crippen MR) is 69.6 cm³/mol. The quantitative estimate of drug-likeness (QED) is 0.550. The number of hydrogen-bond acceptors (Lipinski definition) is 3. The van der Waals surface area contributed by atoms with Crippen LogP contribution < -0.4 is 16.4 Å². The van der Waals surface area contributed by atoms with Crippen molar-refractivity contribution in [2.45, 2.75) is 6.92 Å². The highest BCUT2D eigenvalue weighted by atomic mass is 32.1. The molecule has 0 aliphatic rings. The summed E-state index contributed by atoms with van der Waals surface area (Å²) in [6, 6.07) is 3.97. The first kappa shape index (κ1) is 14.0. The maximum atomic E-state index is 13.0. The van der Waals surface area contributed by atoms with Gasteiger partial charge in [-0.05, 0) is 30.7 Å². The van der Waals surface area contributed by atoms with Gasteiger partial charge in [-0.25, -0.2) is 4.39 Å². The Hall–Kier alpha value is -2.02. The van der Waals surface area contributed by atoms with E-state index in [1.807, 2.05) is 0 Å². The van der Waals surface area contributed by atoms with E-state index >= 15 is 0 Å². The van der Waals surface area contributed by atoms with Crippen LogP contribution in [0.3, 0.4) is 0 Å². The molecule has 0 spiro atoms. The highest BCUT2D eigenvalue weighted by molar-refractivity contribution is 7.80. The van der Waals surface area contributed by atoms with E-state index in [1.54, 1.807) is 13.0 Å². The predicted octanol–water partition coefficient (Wildman–Crippen LogP) is 0.475. The number of thiocarbonyl (C=S) groups is 1. The number of aryl methyl sites for hydroxylation is 1. The van der Waals surface area contributed by atoms with E-state index in [0.717, 1.165) is 6.07 Å². The third-order valence-electron chi connectivity index (χ3n) is 1.93. The maximum absolute atomic E-state index is 13.0. The summed E-state index contributed by atoms with van der Waals surface area (Å²) in [4.78, 5) is 22.8. The summed E-state index contributed by atoms with van der Waals surface area (Å²) in [6.45, 7) is 1.61.